The van der Waals surface area contributed by atoms with Crippen molar-refractivity contribution in [2.75, 3.05) is 0 Å². The molecule has 2 N–H and O–H groups in total. The van der Waals surface area contributed by atoms with Gasteiger partial charge in [0.1, 0.15) is 5.75 Å². The lowest BCUT2D eigenvalue weighted by Gasteiger charge is -2.33. The van der Waals surface area contributed by atoms with Crippen molar-refractivity contribution in [1.82, 2.24) is 5.32 Å². The second kappa shape index (κ2) is 5.53. The average Bonchev–Trinajstić information content (AvgIpc) is 2.16. The zero-order valence-corrected chi connectivity index (χ0v) is 13.8. The highest BCUT2D eigenvalue weighted by atomic mass is 79.9. The Bertz CT molecular complexity index is 476. The first-order valence-corrected chi connectivity index (χ1v) is 7.10. The second-order valence-electron chi connectivity index (χ2n) is 6.74. The molecule has 19 heavy (non-hydrogen) atoms. The number of phenols is 1. The van der Waals surface area contributed by atoms with Crippen LogP contribution < -0.4 is 5.32 Å². The third kappa shape index (κ3) is 5.23. The molecule has 0 spiro atoms. The minimum Gasteiger partial charge on any atom is -0.507 e. The molecule has 4 heteroatoms. The molecule has 0 unspecified atom stereocenters. The standard InChI is InChI=1S/C15H22BrNO2/c1-14(2,3)9-15(4,5)17-13(19)11-8-10(16)6-7-12(11)18/h6-8,18H,9H2,1-5H3,(H,17,19). The molecule has 0 aliphatic heterocycles. The number of aromatic hydroxyl groups is 1. The third-order valence-corrected chi connectivity index (χ3v) is 3.12. The van der Waals surface area contributed by atoms with Crippen LogP contribution in [0.2, 0.25) is 0 Å². The van der Waals surface area contributed by atoms with Crippen molar-refractivity contribution in [2.24, 2.45) is 5.41 Å². The monoisotopic (exact) mass is 327 g/mol. The summed E-state index contributed by atoms with van der Waals surface area (Å²) < 4.78 is 0.768. The average molecular weight is 328 g/mol. The molecule has 1 rings (SSSR count). The van der Waals surface area contributed by atoms with E-state index in [0.717, 1.165) is 10.9 Å². The predicted molar refractivity (Wildman–Crippen MR) is 81.4 cm³/mol. The number of hydrogen-bond donors (Lipinski definition) is 2. The van der Waals surface area contributed by atoms with Gasteiger partial charge in [-0.25, -0.2) is 0 Å². The van der Waals surface area contributed by atoms with Gasteiger partial charge in [0, 0.05) is 10.0 Å². The van der Waals surface area contributed by atoms with Crippen molar-refractivity contribution < 1.29 is 9.90 Å². The van der Waals surface area contributed by atoms with Gasteiger partial charge in [-0.15, -0.1) is 0 Å². The quantitative estimate of drug-likeness (QED) is 0.878. The molecule has 106 valence electrons. The third-order valence-electron chi connectivity index (χ3n) is 2.63. The summed E-state index contributed by atoms with van der Waals surface area (Å²) in [4.78, 5) is 12.2. The van der Waals surface area contributed by atoms with Crippen LogP contribution in [0.5, 0.6) is 5.75 Å². The number of phenolic OH excluding ortho intramolecular Hbond substituents is 1. The van der Waals surface area contributed by atoms with Gasteiger partial charge in [0.2, 0.25) is 0 Å². The summed E-state index contributed by atoms with van der Waals surface area (Å²) in [5.74, 6) is -0.264. The van der Waals surface area contributed by atoms with Crippen molar-refractivity contribution in [2.45, 2.75) is 46.6 Å². The molecular weight excluding hydrogens is 306 g/mol. The number of halogens is 1. The number of amides is 1. The maximum Gasteiger partial charge on any atom is 0.255 e. The van der Waals surface area contributed by atoms with E-state index in [2.05, 4.69) is 42.0 Å². The Balaban J connectivity index is 2.87. The molecule has 0 atom stereocenters. The molecule has 0 saturated carbocycles. The number of carbonyl (C=O) groups excluding carboxylic acids is 1. The summed E-state index contributed by atoms with van der Waals surface area (Å²) in [6.07, 6.45) is 0.848. The topological polar surface area (TPSA) is 49.3 Å². The normalized spacial score (nSPS) is 12.3. The predicted octanol–water partition coefficient (Wildman–Crippen LogP) is 4.10. The van der Waals surface area contributed by atoms with E-state index in [-0.39, 0.29) is 28.2 Å². The summed E-state index contributed by atoms with van der Waals surface area (Å²) in [6.45, 7) is 10.4. The van der Waals surface area contributed by atoms with Gasteiger partial charge in [-0.05, 0) is 43.9 Å². The number of carbonyl (C=O) groups is 1. The highest BCUT2D eigenvalue weighted by Gasteiger charge is 2.28. The Morgan fingerprint density at radius 2 is 1.84 bits per heavy atom. The number of rotatable bonds is 3. The van der Waals surface area contributed by atoms with Crippen molar-refractivity contribution in [3.05, 3.63) is 28.2 Å². The highest BCUT2D eigenvalue weighted by molar-refractivity contribution is 9.10. The van der Waals surface area contributed by atoms with Crippen LogP contribution in [0.1, 0.15) is 51.4 Å². The molecule has 1 aromatic rings. The Morgan fingerprint density at radius 1 is 1.26 bits per heavy atom. The van der Waals surface area contributed by atoms with Crippen LogP contribution in [0.4, 0.5) is 0 Å². The maximum absolute atomic E-state index is 12.2. The SMILES string of the molecule is CC(C)(C)CC(C)(C)NC(=O)c1cc(Br)ccc1O. The van der Waals surface area contributed by atoms with Crippen molar-refractivity contribution in [3.8, 4) is 5.75 Å². The van der Waals surface area contributed by atoms with Gasteiger partial charge in [-0.1, -0.05) is 36.7 Å². The fraction of sp³-hybridized carbons (Fsp3) is 0.533. The fourth-order valence-corrected chi connectivity index (χ4v) is 2.80. The van der Waals surface area contributed by atoms with Crippen molar-refractivity contribution >= 4 is 21.8 Å². The fourth-order valence-electron chi connectivity index (χ4n) is 2.43. The molecule has 0 aromatic heterocycles. The molecule has 1 aromatic carbocycles. The van der Waals surface area contributed by atoms with E-state index < -0.39 is 0 Å². The Labute approximate surface area is 123 Å². The van der Waals surface area contributed by atoms with E-state index in [1.807, 2.05) is 13.8 Å². The largest absolute Gasteiger partial charge is 0.507 e. The second-order valence-corrected chi connectivity index (χ2v) is 7.65. The van der Waals surface area contributed by atoms with E-state index >= 15 is 0 Å². The summed E-state index contributed by atoms with van der Waals surface area (Å²) in [7, 11) is 0. The minimum absolute atomic E-state index is 0.00717. The molecule has 0 bridgehead atoms. The van der Waals surface area contributed by atoms with Gasteiger partial charge < -0.3 is 10.4 Å². The van der Waals surface area contributed by atoms with Gasteiger partial charge in [0.25, 0.3) is 5.91 Å². The van der Waals surface area contributed by atoms with Crippen molar-refractivity contribution in [1.29, 1.82) is 0 Å². The van der Waals surface area contributed by atoms with Crippen LogP contribution in [0.3, 0.4) is 0 Å². The molecule has 0 radical (unpaired) electrons. The van der Waals surface area contributed by atoms with Crippen LogP contribution in [0.15, 0.2) is 22.7 Å². The summed E-state index contributed by atoms with van der Waals surface area (Å²) in [5, 5.41) is 12.7. The van der Waals surface area contributed by atoms with E-state index in [9.17, 15) is 9.90 Å². The Hall–Kier alpha value is -1.03. The number of benzene rings is 1. The van der Waals surface area contributed by atoms with E-state index in [1.165, 1.54) is 6.07 Å². The summed E-state index contributed by atoms with van der Waals surface area (Å²) >= 11 is 3.30. The minimum atomic E-state index is -0.329. The zero-order valence-electron chi connectivity index (χ0n) is 12.2. The molecule has 0 aliphatic carbocycles. The van der Waals surface area contributed by atoms with Gasteiger partial charge in [-0.2, -0.15) is 0 Å². The van der Waals surface area contributed by atoms with Crippen molar-refractivity contribution in [3.63, 3.8) is 0 Å². The van der Waals surface area contributed by atoms with E-state index in [1.54, 1.807) is 12.1 Å². The van der Waals surface area contributed by atoms with Gasteiger partial charge in [0.05, 0.1) is 5.56 Å². The Kier molecular flexibility index (Phi) is 4.67. The first-order chi connectivity index (χ1) is 8.50. The molecule has 0 aliphatic rings. The summed E-state index contributed by atoms with van der Waals surface area (Å²) in [6, 6.07) is 4.83. The number of nitrogens with one attached hydrogen (secondary N) is 1. The molecule has 0 saturated heterocycles. The lowest BCUT2D eigenvalue weighted by molar-refractivity contribution is 0.0888. The molecule has 3 nitrogen and oxygen atoms in total. The molecule has 1 amide bonds. The van der Waals surface area contributed by atoms with Crippen LogP contribution >= 0.6 is 15.9 Å². The Morgan fingerprint density at radius 3 is 2.37 bits per heavy atom. The van der Waals surface area contributed by atoms with Crippen LogP contribution in [-0.4, -0.2) is 16.6 Å². The van der Waals surface area contributed by atoms with Gasteiger partial charge >= 0.3 is 0 Å². The molecule has 0 fully saturated rings. The first kappa shape index (κ1) is 16.0. The zero-order chi connectivity index (χ0) is 14.8. The van der Waals surface area contributed by atoms with Crippen LogP contribution in [-0.2, 0) is 0 Å². The lowest BCUT2D eigenvalue weighted by atomic mass is 9.81. The van der Waals surface area contributed by atoms with Crippen LogP contribution in [0, 0.1) is 5.41 Å². The van der Waals surface area contributed by atoms with E-state index in [0.29, 0.717) is 0 Å². The number of hydrogen-bond acceptors (Lipinski definition) is 2. The van der Waals surface area contributed by atoms with Crippen LogP contribution in [0.25, 0.3) is 0 Å². The molecular formula is C15H22BrNO2. The molecule has 0 heterocycles. The van der Waals surface area contributed by atoms with Gasteiger partial charge in [-0.3, -0.25) is 4.79 Å². The first-order valence-electron chi connectivity index (χ1n) is 6.31. The van der Waals surface area contributed by atoms with Gasteiger partial charge in [0.15, 0.2) is 0 Å². The van der Waals surface area contributed by atoms with E-state index in [4.69, 9.17) is 0 Å². The maximum atomic E-state index is 12.2. The highest BCUT2D eigenvalue weighted by Crippen LogP contribution is 2.28. The smallest absolute Gasteiger partial charge is 0.255 e. The summed E-state index contributed by atoms with van der Waals surface area (Å²) in [5.41, 5.74) is 0.0801. The lowest BCUT2D eigenvalue weighted by Crippen LogP contribution is -2.45.